The molecule has 1 unspecified atom stereocenters. The second-order valence-corrected chi connectivity index (χ2v) is 7.06. The molecule has 5 heteroatoms. The fourth-order valence-electron chi connectivity index (χ4n) is 4.32. The molecule has 1 saturated carbocycles. The molecular weight excluding hydrogens is 280 g/mol. The van der Waals surface area contributed by atoms with E-state index in [-0.39, 0.29) is 17.4 Å². The van der Waals surface area contributed by atoms with Crippen LogP contribution in [-0.2, 0) is 22.4 Å². The van der Waals surface area contributed by atoms with Crippen molar-refractivity contribution in [1.82, 2.24) is 5.16 Å². The van der Waals surface area contributed by atoms with Crippen LogP contribution in [0.3, 0.4) is 0 Å². The van der Waals surface area contributed by atoms with Crippen molar-refractivity contribution in [1.29, 1.82) is 0 Å². The van der Waals surface area contributed by atoms with Gasteiger partial charge in [0.1, 0.15) is 5.76 Å². The maximum Gasteiger partial charge on any atom is 0.228 e. The molecule has 0 bridgehead atoms. The highest BCUT2D eigenvalue weighted by Gasteiger charge is 2.42. The summed E-state index contributed by atoms with van der Waals surface area (Å²) in [7, 11) is 0. The van der Waals surface area contributed by atoms with Crippen LogP contribution in [0.25, 0.3) is 0 Å². The second kappa shape index (κ2) is 5.69. The first-order valence-corrected chi connectivity index (χ1v) is 8.68. The number of hydrogen-bond acceptors (Lipinski definition) is 4. The number of nitrogens with zero attached hydrogens (tertiary/aromatic N) is 1. The Morgan fingerprint density at radius 2 is 2.00 bits per heavy atom. The van der Waals surface area contributed by atoms with Crippen LogP contribution in [0.1, 0.15) is 62.7 Å². The van der Waals surface area contributed by atoms with Gasteiger partial charge in [0.05, 0.1) is 5.60 Å². The van der Waals surface area contributed by atoms with Gasteiger partial charge in [0.25, 0.3) is 0 Å². The Kier molecular flexibility index (Phi) is 3.68. The Morgan fingerprint density at radius 1 is 1.18 bits per heavy atom. The van der Waals surface area contributed by atoms with E-state index in [9.17, 15) is 4.79 Å². The number of ether oxygens (including phenoxy) is 1. The highest BCUT2D eigenvalue weighted by atomic mass is 16.5. The molecule has 1 spiro atoms. The van der Waals surface area contributed by atoms with Gasteiger partial charge in [0.2, 0.25) is 5.91 Å². The third-order valence-electron chi connectivity index (χ3n) is 5.57. The van der Waals surface area contributed by atoms with E-state index in [0.717, 1.165) is 62.7 Å². The SMILES string of the molecule is O=C(Nc1noc2c1CCCC2)C1CCOC2(CCCC2)C1. The smallest absolute Gasteiger partial charge is 0.228 e. The highest BCUT2D eigenvalue weighted by Crippen LogP contribution is 2.42. The standard InChI is InChI=1S/C17H24N2O3/c20-16(12-7-10-21-17(11-12)8-3-4-9-17)18-15-13-5-1-2-6-14(13)22-19-15/h12H,1-11H2,(H,18,19,20). The summed E-state index contributed by atoms with van der Waals surface area (Å²) >= 11 is 0. The zero-order chi connectivity index (χ0) is 15.0. The van der Waals surface area contributed by atoms with Gasteiger partial charge in [-0.1, -0.05) is 18.0 Å². The predicted octanol–water partition coefficient (Wildman–Crippen LogP) is 3.23. The summed E-state index contributed by atoms with van der Waals surface area (Å²) in [5, 5.41) is 7.11. The highest BCUT2D eigenvalue weighted by molar-refractivity contribution is 5.92. The molecule has 1 saturated heterocycles. The molecular formula is C17H24N2O3. The van der Waals surface area contributed by atoms with Crippen molar-refractivity contribution in [2.45, 2.75) is 69.8 Å². The summed E-state index contributed by atoms with van der Waals surface area (Å²) in [6.07, 6.45) is 10.6. The van der Waals surface area contributed by atoms with Crippen LogP contribution in [0, 0.1) is 5.92 Å². The Morgan fingerprint density at radius 3 is 2.86 bits per heavy atom. The maximum absolute atomic E-state index is 12.6. The molecule has 0 aromatic carbocycles. The average molecular weight is 304 g/mol. The lowest BCUT2D eigenvalue weighted by molar-refractivity contribution is -0.133. The van der Waals surface area contributed by atoms with E-state index in [4.69, 9.17) is 9.26 Å². The summed E-state index contributed by atoms with van der Waals surface area (Å²) in [5.74, 6) is 1.76. The third-order valence-corrected chi connectivity index (χ3v) is 5.57. The van der Waals surface area contributed by atoms with E-state index in [0.29, 0.717) is 12.4 Å². The van der Waals surface area contributed by atoms with Crippen LogP contribution in [0.4, 0.5) is 5.82 Å². The van der Waals surface area contributed by atoms with Crippen LogP contribution in [0.15, 0.2) is 4.52 Å². The molecule has 3 aliphatic rings. The quantitative estimate of drug-likeness (QED) is 0.911. The number of amides is 1. The minimum atomic E-state index is -0.0243. The van der Waals surface area contributed by atoms with Crippen LogP contribution >= 0.6 is 0 Å². The lowest BCUT2D eigenvalue weighted by atomic mass is 9.84. The van der Waals surface area contributed by atoms with E-state index >= 15 is 0 Å². The number of aryl methyl sites for hydroxylation is 1. The number of hydrogen-bond donors (Lipinski definition) is 1. The number of nitrogens with one attached hydrogen (secondary N) is 1. The number of carbonyl (C=O) groups excluding carboxylic acids is 1. The largest absolute Gasteiger partial charge is 0.375 e. The number of carbonyl (C=O) groups is 1. The number of fused-ring (bicyclic) bond motifs is 1. The van der Waals surface area contributed by atoms with Gasteiger partial charge in [-0.25, -0.2) is 0 Å². The molecule has 1 aromatic rings. The molecule has 1 atom stereocenters. The molecule has 1 amide bonds. The average Bonchev–Trinajstić information content (AvgIpc) is 3.15. The summed E-state index contributed by atoms with van der Waals surface area (Å²) < 4.78 is 11.4. The molecule has 1 aliphatic heterocycles. The minimum absolute atomic E-state index is 0.0243. The van der Waals surface area contributed by atoms with Crippen LogP contribution in [0.5, 0.6) is 0 Å². The first kappa shape index (κ1) is 14.2. The third kappa shape index (κ3) is 2.56. The fourth-order valence-corrected chi connectivity index (χ4v) is 4.32. The topological polar surface area (TPSA) is 64.4 Å². The first-order chi connectivity index (χ1) is 10.8. The van der Waals surface area contributed by atoms with Crippen molar-refractivity contribution in [3.8, 4) is 0 Å². The first-order valence-electron chi connectivity index (χ1n) is 8.68. The molecule has 1 aromatic heterocycles. The maximum atomic E-state index is 12.6. The van der Waals surface area contributed by atoms with Gasteiger partial charge >= 0.3 is 0 Å². The number of rotatable bonds is 2. The second-order valence-electron chi connectivity index (χ2n) is 7.06. The van der Waals surface area contributed by atoms with Crippen LogP contribution in [0.2, 0.25) is 0 Å². The summed E-state index contributed by atoms with van der Waals surface area (Å²) in [5.41, 5.74) is 1.09. The normalized spacial score (nSPS) is 26.8. The van der Waals surface area contributed by atoms with Gasteiger partial charge in [-0.15, -0.1) is 0 Å². The van der Waals surface area contributed by atoms with Gasteiger partial charge in [-0.05, 0) is 44.9 Å². The van der Waals surface area contributed by atoms with Crippen LogP contribution in [-0.4, -0.2) is 23.3 Å². The monoisotopic (exact) mass is 304 g/mol. The molecule has 22 heavy (non-hydrogen) atoms. The van der Waals surface area contributed by atoms with Gasteiger partial charge < -0.3 is 14.6 Å². The molecule has 2 aliphatic carbocycles. The Balaban J connectivity index is 1.44. The van der Waals surface area contributed by atoms with Crippen molar-refractivity contribution in [2.75, 3.05) is 11.9 Å². The molecule has 2 heterocycles. The summed E-state index contributed by atoms with van der Waals surface area (Å²) in [4.78, 5) is 12.6. The molecule has 120 valence electrons. The van der Waals surface area contributed by atoms with Crippen molar-refractivity contribution in [2.24, 2.45) is 5.92 Å². The van der Waals surface area contributed by atoms with Crippen molar-refractivity contribution in [3.63, 3.8) is 0 Å². The van der Waals surface area contributed by atoms with Gasteiger partial charge in [0.15, 0.2) is 5.82 Å². The predicted molar refractivity (Wildman–Crippen MR) is 81.6 cm³/mol. The van der Waals surface area contributed by atoms with Crippen LogP contribution < -0.4 is 5.32 Å². The molecule has 2 fully saturated rings. The van der Waals surface area contributed by atoms with Gasteiger partial charge in [0, 0.05) is 24.5 Å². The fraction of sp³-hybridized carbons (Fsp3) is 0.765. The van der Waals surface area contributed by atoms with E-state index in [1.807, 2.05) is 0 Å². The number of aromatic nitrogens is 1. The molecule has 1 N–H and O–H groups in total. The summed E-state index contributed by atoms with van der Waals surface area (Å²) in [6.45, 7) is 0.703. The van der Waals surface area contributed by atoms with E-state index < -0.39 is 0 Å². The van der Waals surface area contributed by atoms with Crippen molar-refractivity contribution >= 4 is 11.7 Å². The van der Waals surface area contributed by atoms with E-state index in [2.05, 4.69) is 10.5 Å². The lowest BCUT2D eigenvalue weighted by Gasteiger charge is -2.37. The van der Waals surface area contributed by atoms with Crippen molar-refractivity contribution in [3.05, 3.63) is 11.3 Å². The van der Waals surface area contributed by atoms with Gasteiger partial charge in [-0.3, -0.25) is 4.79 Å². The molecule has 4 rings (SSSR count). The summed E-state index contributed by atoms with van der Waals surface area (Å²) in [6, 6.07) is 0. The minimum Gasteiger partial charge on any atom is -0.375 e. The Labute approximate surface area is 130 Å². The van der Waals surface area contributed by atoms with Gasteiger partial charge in [-0.2, -0.15) is 0 Å². The Hall–Kier alpha value is -1.36. The zero-order valence-electron chi connectivity index (χ0n) is 13.0. The Bertz CT molecular complexity index is 560. The number of anilines is 1. The molecule has 5 nitrogen and oxygen atoms in total. The zero-order valence-corrected chi connectivity index (χ0v) is 13.0. The lowest BCUT2D eigenvalue weighted by Crippen LogP contribution is -2.41. The van der Waals surface area contributed by atoms with E-state index in [1.165, 1.54) is 12.8 Å². The van der Waals surface area contributed by atoms with Crippen molar-refractivity contribution < 1.29 is 14.1 Å². The molecule has 0 radical (unpaired) electrons. The van der Waals surface area contributed by atoms with E-state index in [1.54, 1.807) is 0 Å².